The fourth-order valence-corrected chi connectivity index (χ4v) is 2.92. The molecule has 0 atom stereocenters. The van der Waals surface area contributed by atoms with Gasteiger partial charge in [-0.3, -0.25) is 0 Å². The topological polar surface area (TPSA) is 52.5 Å². The monoisotopic (exact) mass is 239 g/mol. The molecule has 1 aliphatic carbocycles. The smallest absolute Gasteiger partial charge is 0.130 e. The third-order valence-corrected chi connectivity index (χ3v) is 3.75. The molecule has 18 heavy (non-hydrogen) atoms. The minimum absolute atomic E-state index is 0.168. The Morgan fingerprint density at radius 2 is 1.89 bits per heavy atom. The first-order chi connectivity index (χ1) is 8.67. The van der Waals surface area contributed by atoms with Gasteiger partial charge < -0.3 is 4.57 Å². The number of hydrogen-bond donors (Lipinski definition) is 0. The van der Waals surface area contributed by atoms with Crippen LogP contribution in [-0.2, 0) is 0 Å². The van der Waals surface area contributed by atoms with Gasteiger partial charge in [-0.2, -0.15) is 10.5 Å². The molecule has 0 bridgehead atoms. The Morgan fingerprint density at radius 3 is 2.44 bits per heavy atom. The molecule has 0 saturated heterocycles. The third-order valence-electron chi connectivity index (χ3n) is 3.75. The average molecular weight is 239 g/mol. The summed E-state index contributed by atoms with van der Waals surface area (Å²) in [5.74, 6) is 0. The lowest BCUT2D eigenvalue weighted by Gasteiger charge is -2.17. The Morgan fingerprint density at radius 1 is 1.28 bits per heavy atom. The van der Waals surface area contributed by atoms with Crippen LogP contribution >= 0.6 is 0 Å². The lowest BCUT2D eigenvalue weighted by molar-refractivity contribution is 0.500. The Labute approximate surface area is 108 Å². The lowest BCUT2D eigenvalue weighted by atomic mass is 10.1. The molecule has 3 nitrogen and oxygen atoms in total. The van der Waals surface area contributed by atoms with Crippen LogP contribution in [-0.4, -0.2) is 4.57 Å². The van der Waals surface area contributed by atoms with Gasteiger partial charge in [-0.1, -0.05) is 12.8 Å². The molecule has 0 spiro atoms. The summed E-state index contributed by atoms with van der Waals surface area (Å²) in [7, 11) is 0. The van der Waals surface area contributed by atoms with Crippen LogP contribution < -0.4 is 0 Å². The first kappa shape index (κ1) is 12.5. The molecule has 0 aromatic carbocycles. The van der Waals surface area contributed by atoms with Gasteiger partial charge in [0, 0.05) is 17.4 Å². The molecule has 1 aliphatic rings. The fraction of sp³-hybridized carbons (Fsp3) is 0.467. The SMILES string of the molecule is Cc1cc(C=C(C#N)C#N)c(C)n1C1CCCC1. The molecule has 2 rings (SSSR count). The summed E-state index contributed by atoms with van der Waals surface area (Å²) >= 11 is 0. The first-order valence-electron chi connectivity index (χ1n) is 6.37. The zero-order valence-electron chi connectivity index (χ0n) is 10.9. The third kappa shape index (κ3) is 2.17. The summed E-state index contributed by atoms with van der Waals surface area (Å²) in [5.41, 5.74) is 3.56. The molecule has 1 aromatic heterocycles. The van der Waals surface area contributed by atoms with Crippen molar-refractivity contribution >= 4 is 6.08 Å². The molecule has 1 fully saturated rings. The van der Waals surface area contributed by atoms with Crippen LogP contribution in [0.4, 0.5) is 0 Å². The van der Waals surface area contributed by atoms with Crippen LogP contribution in [0.15, 0.2) is 11.6 Å². The first-order valence-corrected chi connectivity index (χ1v) is 6.37. The van der Waals surface area contributed by atoms with Crippen molar-refractivity contribution in [2.24, 2.45) is 0 Å². The van der Waals surface area contributed by atoms with Crippen molar-refractivity contribution in [3.8, 4) is 12.1 Å². The number of hydrogen-bond acceptors (Lipinski definition) is 2. The van der Waals surface area contributed by atoms with Gasteiger partial charge in [-0.05, 0) is 44.4 Å². The molecule has 0 unspecified atom stereocenters. The van der Waals surface area contributed by atoms with E-state index in [2.05, 4.69) is 24.5 Å². The summed E-state index contributed by atoms with van der Waals surface area (Å²) in [6.07, 6.45) is 6.77. The minimum atomic E-state index is 0.168. The molecule has 92 valence electrons. The van der Waals surface area contributed by atoms with Gasteiger partial charge in [-0.25, -0.2) is 0 Å². The number of allylic oxidation sites excluding steroid dienone is 1. The lowest BCUT2D eigenvalue weighted by Crippen LogP contribution is -2.08. The standard InChI is InChI=1S/C15H17N3/c1-11-7-14(8-13(9-16)10-17)12(2)18(11)15-5-3-4-6-15/h7-8,15H,3-6H2,1-2H3. The van der Waals surface area contributed by atoms with Crippen molar-refractivity contribution in [3.63, 3.8) is 0 Å². The number of aromatic nitrogens is 1. The summed E-state index contributed by atoms with van der Waals surface area (Å²) in [6, 6.07) is 6.50. The Balaban J connectivity index is 2.41. The Bertz CT molecular complexity index is 542. The molecular formula is C15H17N3. The second-order valence-electron chi connectivity index (χ2n) is 4.92. The van der Waals surface area contributed by atoms with E-state index in [4.69, 9.17) is 10.5 Å². The zero-order valence-corrected chi connectivity index (χ0v) is 10.9. The van der Waals surface area contributed by atoms with Crippen LogP contribution in [0.3, 0.4) is 0 Å². The Kier molecular flexibility index (Phi) is 3.53. The Hall–Kier alpha value is -2.00. The van der Waals surface area contributed by atoms with Crippen molar-refractivity contribution in [2.45, 2.75) is 45.6 Å². The molecule has 1 aromatic rings. The van der Waals surface area contributed by atoms with E-state index in [9.17, 15) is 0 Å². The van der Waals surface area contributed by atoms with Crippen molar-refractivity contribution in [1.82, 2.24) is 4.57 Å². The predicted octanol–water partition coefficient (Wildman–Crippen LogP) is 3.65. The van der Waals surface area contributed by atoms with Crippen LogP contribution in [0.25, 0.3) is 6.08 Å². The normalized spacial score (nSPS) is 15.1. The maximum absolute atomic E-state index is 8.82. The van der Waals surface area contributed by atoms with Crippen LogP contribution in [0.5, 0.6) is 0 Å². The fourth-order valence-electron chi connectivity index (χ4n) is 2.92. The van der Waals surface area contributed by atoms with Crippen molar-refractivity contribution in [3.05, 3.63) is 28.6 Å². The number of aryl methyl sites for hydroxylation is 1. The summed E-state index contributed by atoms with van der Waals surface area (Å²) in [4.78, 5) is 0. The molecule has 0 amide bonds. The van der Waals surface area contributed by atoms with Crippen molar-refractivity contribution in [1.29, 1.82) is 10.5 Å². The van der Waals surface area contributed by atoms with E-state index < -0.39 is 0 Å². The average Bonchev–Trinajstić information content (AvgIpc) is 2.95. The van der Waals surface area contributed by atoms with Gasteiger partial charge in [-0.15, -0.1) is 0 Å². The van der Waals surface area contributed by atoms with Gasteiger partial charge in [0.2, 0.25) is 0 Å². The van der Waals surface area contributed by atoms with E-state index in [0.717, 1.165) is 5.56 Å². The summed E-state index contributed by atoms with van der Waals surface area (Å²) in [6.45, 7) is 4.17. The van der Waals surface area contributed by atoms with E-state index in [1.54, 1.807) is 6.08 Å². The molecule has 0 aliphatic heterocycles. The zero-order chi connectivity index (χ0) is 13.1. The highest BCUT2D eigenvalue weighted by atomic mass is 15.0. The van der Waals surface area contributed by atoms with Crippen LogP contribution in [0.1, 0.15) is 48.7 Å². The van der Waals surface area contributed by atoms with Crippen LogP contribution in [0.2, 0.25) is 0 Å². The maximum atomic E-state index is 8.82. The molecule has 0 N–H and O–H groups in total. The highest BCUT2D eigenvalue weighted by Gasteiger charge is 2.20. The predicted molar refractivity (Wildman–Crippen MR) is 70.6 cm³/mol. The van der Waals surface area contributed by atoms with Gasteiger partial charge in [0.1, 0.15) is 17.7 Å². The van der Waals surface area contributed by atoms with E-state index in [0.29, 0.717) is 6.04 Å². The second kappa shape index (κ2) is 5.10. The highest BCUT2D eigenvalue weighted by Crippen LogP contribution is 2.33. The number of nitrogens with zero attached hydrogens (tertiary/aromatic N) is 3. The van der Waals surface area contributed by atoms with Gasteiger partial charge >= 0.3 is 0 Å². The molecule has 1 saturated carbocycles. The van der Waals surface area contributed by atoms with E-state index in [-0.39, 0.29) is 5.57 Å². The number of rotatable bonds is 2. The number of nitriles is 2. The summed E-state index contributed by atoms with van der Waals surface area (Å²) < 4.78 is 2.37. The van der Waals surface area contributed by atoms with Crippen LogP contribution in [0, 0.1) is 36.5 Å². The van der Waals surface area contributed by atoms with E-state index >= 15 is 0 Å². The molecule has 1 heterocycles. The summed E-state index contributed by atoms with van der Waals surface area (Å²) in [5, 5.41) is 17.6. The largest absolute Gasteiger partial charge is 0.346 e. The highest BCUT2D eigenvalue weighted by molar-refractivity contribution is 5.64. The van der Waals surface area contributed by atoms with Gasteiger partial charge in [0.05, 0.1) is 0 Å². The second-order valence-corrected chi connectivity index (χ2v) is 4.92. The van der Waals surface area contributed by atoms with E-state index in [1.807, 2.05) is 12.1 Å². The maximum Gasteiger partial charge on any atom is 0.130 e. The van der Waals surface area contributed by atoms with E-state index in [1.165, 1.54) is 37.1 Å². The minimum Gasteiger partial charge on any atom is -0.346 e. The van der Waals surface area contributed by atoms with Gasteiger partial charge in [0.15, 0.2) is 0 Å². The molecule has 3 heteroatoms. The van der Waals surface area contributed by atoms with Crippen molar-refractivity contribution in [2.75, 3.05) is 0 Å². The molecular weight excluding hydrogens is 222 g/mol. The molecule has 0 radical (unpaired) electrons. The quantitative estimate of drug-likeness (QED) is 0.740. The van der Waals surface area contributed by atoms with Gasteiger partial charge in [0.25, 0.3) is 0 Å². The van der Waals surface area contributed by atoms with Crippen molar-refractivity contribution < 1.29 is 0 Å².